The Kier molecular flexibility index (Phi) is 3.57. The molecule has 0 aliphatic heterocycles. The summed E-state index contributed by atoms with van der Waals surface area (Å²) in [7, 11) is 0. The molecule has 0 aromatic heterocycles. The molecule has 1 rings (SSSR count). The van der Waals surface area contributed by atoms with E-state index in [0.29, 0.717) is 0 Å². The second-order valence-electron chi connectivity index (χ2n) is 2.42. The Labute approximate surface area is 90.6 Å². The average molecular weight is 285 g/mol. The Morgan fingerprint density at radius 2 is 2.07 bits per heavy atom. The molecule has 0 unspecified atom stereocenters. The summed E-state index contributed by atoms with van der Waals surface area (Å²) in [4.78, 5) is 10.6. The van der Waals surface area contributed by atoms with Crippen molar-refractivity contribution < 1.29 is 27.8 Å². The topological polar surface area (TPSA) is 46.5 Å². The number of rotatable bonds is 3. The molecule has 15 heavy (non-hydrogen) atoms. The van der Waals surface area contributed by atoms with Gasteiger partial charge >= 0.3 is 12.6 Å². The van der Waals surface area contributed by atoms with E-state index in [2.05, 4.69) is 20.7 Å². The summed E-state index contributed by atoms with van der Waals surface area (Å²) in [6.07, 6.45) is 0. The van der Waals surface area contributed by atoms with Gasteiger partial charge < -0.3 is 9.84 Å². The van der Waals surface area contributed by atoms with Crippen LogP contribution in [0.2, 0.25) is 0 Å². The van der Waals surface area contributed by atoms with Crippen molar-refractivity contribution >= 4 is 21.9 Å². The molecule has 0 heterocycles. The standard InChI is InChI=1S/C8H4BrF3O3/c9-3-1-2-4(15-8(11)12)5(6(3)10)7(13)14/h1-2,8H,(H,13,14). The minimum Gasteiger partial charge on any atom is -0.477 e. The van der Waals surface area contributed by atoms with Crippen LogP contribution in [0.15, 0.2) is 16.6 Å². The van der Waals surface area contributed by atoms with E-state index < -0.39 is 29.7 Å². The molecule has 0 aliphatic carbocycles. The molecule has 0 fully saturated rings. The maximum absolute atomic E-state index is 13.2. The zero-order valence-corrected chi connectivity index (χ0v) is 8.59. The fraction of sp³-hybridized carbons (Fsp3) is 0.125. The van der Waals surface area contributed by atoms with E-state index >= 15 is 0 Å². The van der Waals surface area contributed by atoms with Crippen molar-refractivity contribution in [2.24, 2.45) is 0 Å². The molecule has 0 amide bonds. The number of carbonyl (C=O) groups is 1. The van der Waals surface area contributed by atoms with Crippen LogP contribution in [0, 0.1) is 5.82 Å². The van der Waals surface area contributed by atoms with Crippen molar-refractivity contribution in [3.8, 4) is 5.75 Å². The number of alkyl halides is 2. The second kappa shape index (κ2) is 4.52. The summed E-state index contributed by atoms with van der Waals surface area (Å²) < 4.78 is 40.6. The molecule has 0 saturated carbocycles. The highest BCUT2D eigenvalue weighted by atomic mass is 79.9. The number of carboxylic acids is 1. The van der Waals surface area contributed by atoms with Gasteiger partial charge in [0.15, 0.2) is 5.82 Å². The zero-order valence-electron chi connectivity index (χ0n) is 7.01. The van der Waals surface area contributed by atoms with E-state index in [9.17, 15) is 18.0 Å². The van der Waals surface area contributed by atoms with Gasteiger partial charge in [-0.25, -0.2) is 9.18 Å². The van der Waals surface area contributed by atoms with Gasteiger partial charge in [0.1, 0.15) is 11.3 Å². The summed E-state index contributed by atoms with van der Waals surface area (Å²) in [6.45, 7) is -3.20. The zero-order chi connectivity index (χ0) is 11.6. The van der Waals surface area contributed by atoms with Crippen molar-refractivity contribution in [1.82, 2.24) is 0 Å². The van der Waals surface area contributed by atoms with Gasteiger partial charge in [-0.05, 0) is 28.1 Å². The molecule has 1 aromatic carbocycles. The summed E-state index contributed by atoms with van der Waals surface area (Å²) in [5.41, 5.74) is -0.926. The van der Waals surface area contributed by atoms with Crippen molar-refractivity contribution in [1.29, 1.82) is 0 Å². The quantitative estimate of drug-likeness (QED) is 0.928. The molecule has 0 spiro atoms. The van der Waals surface area contributed by atoms with Gasteiger partial charge in [0.05, 0.1) is 4.47 Å². The Hall–Kier alpha value is -1.24. The van der Waals surface area contributed by atoms with Crippen LogP contribution in [0.3, 0.4) is 0 Å². The van der Waals surface area contributed by atoms with E-state index in [1.165, 1.54) is 0 Å². The average Bonchev–Trinajstić information content (AvgIpc) is 2.10. The highest BCUT2D eigenvalue weighted by molar-refractivity contribution is 9.10. The molecule has 7 heteroatoms. The van der Waals surface area contributed by atoms with Crippen molar-refractivity contribution in [3.63, 3.8) is 0 Å². The van der Waals surface area contributed by atoms with Gasteiger partial charge in [0, 0.05) is 0 Å². The van der Waals surface area contributed by atoms with E-state index in [4.69, 9.17) is 5.11 Å². The molecule has 1 aromatic rings. The normalized spacial score (nSPS) is 10.5. The first kappa shape index (κ1) is 11.8. The third kappa shape index (κ3) is 2.62. The molecule has 82 valence electrons. The second-order valence-corrected chi connectivity index (χ2v) is 3.27. The van der Waals surface area contributed by atoms with Gasteiger partial charge in [-0.2, -0.15) is 8.78 Å². The summed E-state index contributed by atoms with van der Waals surface area (Å²) in [5, 5.41) is 8.60. The monoisotopic (exact) mass is 284 g/mol. The number of halogens is 4. The Morgan fingerprint density at radius 1 is 1.47 bits per heavy atom. The first-order chi connectivity index (χ1) is 6.93. The number of ether oxygens (including phenoxy) is 1. The number of carboxylic acid groups (broad SMARTS) is 1. The van der Waals surface area contributed by atoms with Crippen LogP contribution < -0.4 is 4.74 Å². The maximum Gasteiger partial charge on any atom is 0.387 e. The highest BCUT2D eigenvalue weighted by Gasteiger charge is 2.21. The van der Waals surface area contributed by atoms with Crippen LogP contribution in [-0.2, 0) is 0 Å². The first-order valence-electron chi connectivity index (χ1n) is 3.59. The lowest BCUT2D eigenvalue weighted by atomic mass is 10.2. The molecule has 0 aliphatic rings. The van der Waals surface area contributed by atoms with Crippen LogP contribution >= 0.6 is 15.9 Å². The molecule has 3 nitrogen and oxygen atoms in total. The van der Waals surface area contributed by atoms with Crippen molar-refractivity contribution in [2.45, 2.75) is 6.61 Å². The molecular weight excluding hydrogens is 281 g/mol. The smallest absolute Gasteiger partial charge is 0.387 e. The maximum atomic E-state index is 13.2. The molecule has 1 N–H and O–H groups in total. The fourth-order valence-electron chi connectivity index (χ4n) is 0.926. The predicted octanol–water partition coefficient (Wildman–Crippen LogP) is 2.89. The van der Waals surface area contributed by atoms with Crippen molar-refractivity contribution in [3.05, 3.63) is 28.0 Å². The molecule has 0 saturated heterocycles. The van der Waals surface area contributed by atoms with Crippen molar-refractivity contribution in [2.75, 3.05) is 0 Å². The molecule has 0 bridgehead atoms. The van der Waals surface area contributed by atoms with Crippen LogP contribution in [-0.4, -0.2) is 17.7 Å². The van der Waals surface area contributed by atoms with E-state index in [0.717, 1.165) is 12.1 Å². The van der Waals surface area contributed by atoms with E-state index in [1.54, 1.807) is 0 Å². The lowest BCUT2D eigenvalue weighted by Gasteiger charge is -2.09. The largest absolute Gasteiger partial charge is 0.477 e. The number of aromatic carboxylic acids is 1. The fourth-order valence-corrected chi connectivity index (χ4v) is 1.26. The molecule has 0 atom stereocenters. The third-order valence-electron chi connectivity index (χ3n) is 1.49. The van der Waals surface area contributed by atoms with E-state index in [-0.39, 0.29) is 4.47 Å². The predicted molar refractivity (Wildman–Crippen MR) is 47.7 cm³/mol. The van der Waals surface area contributed by atoms with Gasteiger partial charge in [-0.15, -0.1) is 0 Å². The Morgan fingerprint density at radius 3 is 2.53 bits per heavy atom. The van der Waals surface area contributed by atoms with Gasteiger partial charge in [0.25, 0.3) is 0 Å². The highest BCUT2D eigenvalue weighted by Crippen LogP contribution is 2.28. The summed E-state index contributed by atoms with van der Waals surface area (Å²) >= 11 is 2.73. The molecule has 0 radical (unpaired) electrons. The number of hydrogen-bond donors (Lipinski definition) is 1. The third-order valence-corrected chi connectivity index (χ3v) is 2.10. The Balaban J connectivity index is 3.27. The lowest BCUT2D eigenvalue weighted by molar-refractivity contribution is -0.0505. The molecular formula is C8H4BrF3O3. The van der Waals surface area contributed by atoms with Crippen LogP contribution in [0.1, 0.15) is 10.4 Å². The Bertz CT molecular complexity index is 395. The van der Waals surface area contributed by atoms with Crippen LogP contribution in [0.5, 0.6) is 5.75 Å². The first-order valence-corrected chi connectivity index (χ1v) is 4.39. The summed E-state index contributed by atoms with van der Waals surface area (Å²) in [5.74, 6) is -3.54. The number of hydrogen-bond acceptors (Lipinski definition) is 2. The minimum atomic E-state index is -3.20. The van der Waals surface area contributed by atoms with Crippen LogP contribution in [0.4, 0.5) is 13.2 Å². The van der Waals surface area contributed by atoms with Gasteiger partial charge in [-0.1, -0.05) is 0 Å². The van der Waals surface area contributed by atoms with Crippen LogP contribution in [0.25, 0.3) is 0 Å². The van der Waals surface area contributed by atoms with Gasteiger partial charge in [0.2, 0.25) is 0 Å². The summed E-state index contributed by atoms with van der Waals surface area (Å²) in [6, 6.07) is 2.03. The van der Waals surface area contributed by atoms with Gasteiger partial charge in [-0.3, -0.25) is 0 Å². The minimum absolute atomic E-state index is 0.137. The number of benzene rings is 1. The SMILES string of the molecule is O=C(O)c1c(OC(F)F)ccc(Br)c1F. The van der Waals surface area contributed by atoms with E-state index in [1.807, 2.05) is 0 Å². The lowest BCUT2D eigenvalue weighted by Crippen LogP contribution is -2.09.